The van der Waals surface area contributed by atoms with E-state index in [0.717, 1.165) is 29.7 Å². The van der Waals surface area contributed by atoms with E-state index in [2.05, 4.69) is 33.5 Å². The van der Waals surface area contributed by atoms with Gasteiger partial charge in [-0.05, 0) is 55.2 Å². The van der Waals surface area contributed by atoms with Gasteiger partial charge in [0.1, 0.15) is 5.75 Å². The molecule has 0 radical (unpaired) electrons. The number of aromatic amines is 1. The number of aromatic nitrogens is 3. The van der Waals surface area contributed by atoms with Gasteiger partial charge in [0, 0.05) is 32.5 Å². The van der Waals surface area contributed by atoms with Crippen LogP contribution in [0, 0.1) is 0 Å². The Labute approximate surface area is 232 Å². The molecule has 0 atom stereocenters. The number of benzene rings is 2. The molecule has 0 bridgehead atoms. The zero-order chi connectivity index (χ0) is 27.7. The Morgan fingerprint density at radius 2 is 1.72 bits per heavy atom. The number of pyridine rings is 1. The van der Waals surface area contributed by atoms with E-state index < -0.39 is 5.54 Å². The van der Waals surface area contributed by atoms with Gasteiger partial charge in [0.15, 0.2) is 5.65 Å². The Bertz CT molecular complexity index is 1570. The predicted molar refractivity (Wildman–Crippen MR) is 153 cm³/mol. The van der Waals surface area contributed by atoms with E-state index in [1.807, 2.05) is 55.1 Å². The van der Waals surface area contributed by atoms with Gasteiger partial charge in [0.25, 0.3) is 0 Å². The second kappa shape index (κ2) is 10.5. The van der Waals surface area contributed by atoms with Crippen molar-refractivity contribution >= 4 is 40.2 Å². The maximum absolute atomic E-state index is 11.6. The molecule has 2 aromatic carbocycles. The van der Waals surface area contributed by atoms with Gasteiger partial charge in [-0.3, -0.25) is 9.59 Å². The highest BCUT2D eigenvalue weighted by atomic mass is 35.5. The average molecular weight is 544 g/mol. The Morgan fingerprint density at radius 3 is 2.33 bits per heavy atom. The molecule has 0 fully saturated rings. The summed E-state index contributed by atoms with van der Waals surface area (Å²) in [6.45, 7) is 8.36. The van der Waals surface area contributed by atoms with Gasteiger partial charge in [-0.1, -0.05) is 54.1 Å². The molecule has 5 rings (SSSR count). The largest absolute Gasteiger partial charge is 0.426 e. The standard InChI is InChI=1S/C30H30ClN5O3/c1-18(37)35-30(3,4)23-9-11-24(12-10-23)39-29-32-26-17-25(31)27(33-28(26)34-29)22-7-5-20(6-8-22)21-13-15-36(16-14-21)19(2)38/h5-13,17H,14-16H2,1-4H3,(H,35,37)(H,32,33,34). The summed E-state index contributed by atoms with van der Waals surface area (Å²) >= 11 is 6.61. The van der Waals surface area contributed by atoms with Crippen molar-refractivity contribution in [3.63, 3.8) is 0 Å². The summed E-state index contributed by atoms with van der Waals surface area (Å²) in [4.78, 5) is 37.3. The summed E-state index contributed by atoms with van der Waals surface area (Å²) in [5, 5.41) is 3.44. The molecule has 39 heavy (non-hydrogen) atoms. The summed E-state index contributed by atoms with van der Waals surface area (Å²) in [5.74, 6) is 0.610. The number of imidazole rings is 1. The second-order valence-electron chi connectivity index (χ2n) is 10.2. The van der Waals surface area contributed by atoms with Crippen LogP contribution in [-0.4, -0.2) is 44.8 Å². The monoisotopic (exact) mass is 543 g/mol. The smallest absolute Gasteiger partial charge is 0.301 e. The van der Waals surface area contributed by atoms with Gasteiger partial charge < -0.3 is 19.9 Å². The Balaban J connectivity index is 1.33. The first-order valence-corrected chi connectivity index (χ1v) is 13.2. The van der Waals surface area contributed by atoms with E-state index in [1.54, 1.807) is 13.0 Å². The molecule has 4 aromatic rings. The number of carbonyl (C=O) groups excluding carboxylic acids is 2. The van der Waals surface area contributed by atoms with Crippen molar-refractivity contribution < 1.29 is 14.3 Å². The third kappa shape index (κ3) is 5.81. The molecule has 0 saturated carbocycles. The number of carbonyl (C=O) groups is 2. The molecular weight excluding hydrogens is 514 g/mol. The fourth-order valence-electron chi connectivity index (χ4n) is 4.77. The van der Waals surface area contributed by atoms with Gasteiger partial charge >= 0.3 is 6.01 Å². The van der Waals surface area contributed by atoms with Crippen LogP contribution < -0.4 is 10.1 Å². The van der Waals surface area contributed by atoms with Gasteiger partial charge in [0.05, 0.1) is 21.8 Å². The highest BCUT2D eigenvalue weighted by molar-refractivity contribution is 6.33. The van der Waals surface area contributed by atoms with Crippen molar-refractivity contribution in [1.29, 1.82) is 0 Å². The zero-order valence-corrected chi connectivity index (χ0v) is 23.1. The molecule has 2 amide bonds. The summed E-state index contributed by atoms with van der Waals surface area (Å²) < 4.78 is 5.93. The summed E-state index contributed by atoms with van der Waals surface area (Å²) in [6, 6.07) is 17.7. The lowest BCUT2D eigenvalue weighted by Gasteiger charge is -2.26. The first-order valence-electron chi connectivity index (χ1n) is 12.8. The molecule has 3 heterocycles. The molecule has 0 aliphatic carbocycles. The summed E-state index contributed by atoms with van der Waals surface area (Å²) in [6.07, 6.45) is 2.94. The van der Waals surface area contributed by atoms with Crippen molar-refractivity contribution in [2.75, 3.05) is 13.1 Å². The minimum absolute atomic E-state index is 0.0899. The molecular formula is C30H30ClN5O3. The van der Waals surface area contributed by atoms with Crippen LogP contribution in [0.4, 0.5) is 0 Å². The van der Waals surface area contributed by atoms with Crippen LogP contribution in [0.2, 0.25) is 5.02 Å². The van der Waals surface area contributed by atoms with Crippen molar-refractivity contribution in [1.82, 2.24) is 25.2 Å². The fraction of sp³-hybridized carbons (Fsp3) is 0.267. The molecule has 2 N–H and O–H groups in total. The van der Waals surface area contributed by atoms with Crippen LogP contribution in [0.25, 0.3) is 28.0 Å². The molecule has 9 heteroatoms. The van der Waals surface area contributed by atoms with Crippen LogP contribution in [0.15, 0.2) is 60.7 Å². The number of H-pyrrole nitrogens is 1. The zero-order valence-electron chi connectivity index (χ0n) is 22.3. The number of nitrogens with one attached hydrogen (secondary N) is 2. The van der Waals surface area contributed by atoms with E-state index in [1.165, 1.54) is 12.5 Å². The highest BCUT2D eigenvalue weighted by Gasteiger charge is 2.21. The maximum atomic E-state index is 11.6. The third-order valence-corrected chi connectivity index (χ3v) is 7.16. The Hall–Kier alpha value is -4.17. The molecule has 8 nitrogen and oxygen atoms in total. The number of rotatable bonds is 6. The van der Waals surface area contributed by atoms with Gasteiger partial charge in [0.2, 0.25) is 11.8 Å². The van der Waals surface area contributed by atoms with Crippen LogP contribution in [0.3, 0.4) is 0 Å². The van der Waals surface area contributed by atoms with E-state index in [0.29, 0.717) is 40.2 Å². The third-order valence-electron chi connectivity index (χ3n) is 6.87. The van der Waals surface area contributed by atoms with E-state index in [-0.39, 0.29) is 11.8 Å². The van der Waals surface area contributed by atoms with Crippen LogP contribution in [0.1, 0.15) is 45.2 Å². The number of amides is 2. The first-order chi connectivity index (χ1) is 18.6. The van der Waals surface area contributed by atoms with Gasteiger partial charge in [-0.15, -0.1) is 0 Å². The maximum Gasteiger partial charge on any atom is 0.301 e. The van der Waals surface area contributed by atoms with Crippen molar-refractivity contribution in [3.05, 3.63) is 76.8 Å². The SMILES string of the molecule is CC(=O)NC(C)(C)c1ccc(Oc2nc3nc(-c4ccc(C5=CCN(C(C)=O)CC5)cc4)c(Cl)cc3[nH]2)cc1. The number of hydrogen-bond acceptors (Lipinski definition) is 5. The fourth-order valence-corrected chi connectivity index (χ4v) is 5.03. The van der Waals surface area contributed by atoms with E-state index in [4.69, 9.17) is 21.3 Å². The van der Waals surface area contributed by atoms with Crippen LogP contribution >= 0.6 is 11.6 Å². The first kappa shape index (κ1) is 26.4. The topological polar surface area (TPSA) is 100 Å². The molecule has 2 aromatic heterocycles. The van der Waals surface area contributed by atoms with Crippen molar-refractivity contribution in [2.24, 2.45) is 0 Å². The highest BCUT2D eigenvalue weighted by Crippen LogP contribution is 2.32. The number of nitrogens with zero attached hydrogens (tertiary/aromatic N) is 3. The normalized spacial score (nSPS) is 13.8. The lowest BCUT2D eigenvalue weighted by atomic mass is 9.94. The number of ether oxygens (including phenoxy) is 1. The van der Waals surface area contributed by atoms with Crippen molar-refractivity contribution in [3.8, 4) is 23.0 Å². The number of hydrogen-bond donors (Lipinski definition) is 2. The molecule has 1 aliphatic rings. The van der Waals surface area contributed by atoms with E-state index in [9.17, 15) is 9.59 Å². The minimum Gasteiger partial charge on any atom is -0.426 e. The molecule has 0 saturated heterocycles. The molecule has 0 unspecified atom stereocenters. The summed E-state index contributed by atoms with van der Waals surface area (Å²) in [5.41, 5.74) is 5.50. The Morgan fingerprint density at radius 1 is 1.03 bits per heavy atom. The quantitative estimate of drug-likeness (QED) is 0.307. The molecule has 1 aliphatic heterocycles. The summed E-state index contributed by atoms with van der Waals surface area (Å²) in [7, 11) is 0. The van der Waals surface area contributed by atoms with Crippen molar-refractivity contribution in [2.45, 2.75) is 39.7 Å². The minimum atomic E-state index is -0.497. The average Bonchev–Trinajstić information content (AvgIpc) is 3.29. The molecule has 0 spiro atoms. The van der Waals surface area contributed by atoms with Gasteiger partial charge in [-0.25, -0.2) is 4.98 Å². The van der Waals surface area contributed by atoms with Crippen LogP contribution in [0.5, 0.6) is 11.8 Å². The number of halogens is 1. The molecule has 200 valence electrons. The predicted octanol–water partition coefficient (Wildman–Crippen LogP) is 6.08. The van der Waals surface area contributed by atoms with Gasteiger partial charge in [-0.2, -0.15) is 4.98 Å². The lowest BCUT2D eigenvalue weighted by Crippen LogP contribution is -2.39. The van der Waals surface area contributed by atoms with E-state index >= 15 is 0 Å². The van der Waals surface area contributed by atoms with Crippen LogP contribution in [-0.2, 0) is 15.1 Å². The Kier molecular flexibility index (Phi) is 7.14. The lowest BCUT2D eigenvalue weighted by molar-refractivity contribution is -0.128. The second-order valence-corrected chi connectivity index (χ2v) is 10.6. The number of fused-ring (bicyclic) bond motifs is 1.